The van der Waals surface area contributed by atoms with Crippen molar-refractivity contribution in [2.45, 2.75) is 18.8 Å². The maximum absolute atomic E-state index is 3.85. The fourth-order valence-corrected chi connectivity index (χ4v) is 6.42. The van der Waals surface area contributed by atoms with Crippen LogP contribution in [0.3, 0.4) is 0 Å². The van der Waals surface area contributed by atoms with E-state index in [0.717, 1.165) is 0 Å². The topological polar surface area (TPSA) is 15.8 Å². The van der Waals surface area contributed by atoms with Crippen LogP contribution in [-0.2, 0) is 0 Å². The number of hydrogen-bond donors (Lipinski definition) is 1. The third kappa shape index (κ3) is 3.15. The molecule has 5 aromatic rings. The van der Waals surface area contributed by atoms with Gasteiger partial charge in [-0.1, -0.05) is 115 Å². The molecule has 7 rings (SSSR count). The van der Waals surface area contributed by atoms with Crippen LogP contribution in [-0.4, -0.2) is 4.98 Å². The van der Waals surface area contributed by atoms with Crippen LogP contribution in [0.4, 0.5) is 0 Å². The number of aromatic amines is 1. The Kier molecular flexibility index (Phi) is 4.63. The summed E-state index contributed by atoms with van der Waals surface area (Å²) in [6, 6.07) is 39.8. The van der Waals surface area contributed by atoms with Crippen LogP contribution in [0.1, 0.15) is 45.3 Å². The third-order valence-corrected chi connectivity index (χ3v) is 7.83. The lowest BCUT2D eigenvalue weighted by atomic mass is 9.77. The third-order valence-electron chi connectivity index (χ3n) is 7.83. The number of aryl methyl sites for hydroxylation is 1. The van der Waals surface area contributed by atoms with Crippen molar-refractivity contribution in [3.63, 3.8) is 0 Å². The van der Waals surface area contributed by atoms with Gasteiger partial charge in [-0.2, -0.15) is 0 Å². The zero-order chi connectivity index (χ0) is 23.4. The predicted octanol–water partition coefficient (Wildman–Crippen LogP) is 8.39. The lowest BCUT2D eigenvalue weighted by molar-refractivity contribution is 0.569. The molecule has 0 spiro atoms. The summed E-state index contributed by atoms with van der Waals surface area (Å²) in [5.41, 5.74) is 12.1. The minimum Gasteiger partial charge on any atom is -0.358 e. The first kappa shape index (κ1) is 20.3. The maximum atomic E-state index is 3.85. The van der Waals surface area contributed by atoms with Gasteiger partial charge in [0, 0.05) is 34.4 Å². The Morgan fingerprint density at radius 2 is 1.34 bits per heavy atom. The van der Waals surface area contributed by atoms with E-state index in [1.165, 1.54) is 55.6 Å². The highest BCUT2D eigenvalue weighted by atomic mass is 14.8. The Balaban J connectivity index is 1.51. The lowest BCUT2D eigenvalue weighted by Gasteiger charge is -2.26. The predicted molar refractivity (Wildman–Crippen MR) is 146 cm³/mol. The summed E-state index contributed by atoms with van der Waals surface area (Å²) in [4.78, 5) is 3.85. The lowest BCUT2D eigenvalue weighted by Crippen LogP contribution is -2.13. The Hall–Kier alpha value is -4.10. The van der Waals surface area contributed by atoms with Gasteiger partial charge in [-0.3, -0.25) is 0 Å². The number of nitrogens with one attached hydrogen (secondary N) is 1. The van der Waals surface area contributed by atoms with Crippen molar-refractivity contribution in [2.24, 2.45) is 5.92 Å². The van der Waals surface area contributed by atoms with Crippen molar-refractivity contribution in [1.82, 2.24) is 4.98 Å². The van der Waals surface area contributed by atoms with Crippen molar-refractivity contribution in [2.75, 3.05) is 0 Å². The van der Waals surface area contributed by atoms with Gasteiger partial charge in [0.05, 0.1) is 0 Å². The Labute approximate surface area is 206 Å². The first-order valence-electron chi connectivity index (χ1n) is 12.5. The van der Waals surface area contributed by atoms with Crippen LogP contribution < -0.4 is 0 Å². The van der Waals surface area contributed by atoms with Gasteiger partial charge in [0.25, 0.3) is 0 Å². The molecule has 0 aliphatic heterocycles. The average molecular weight is 450 g/mol. The van der Waals surface area contributed by atoms with Gasteiger partial charge in [-0.25, -0.2) is 0 Å². The molecule has 1 heteroatoms. The van der Waals surface area contributed by atoms with Gasteiger partial charge in [-0.05, 0) is 52.0 Å². The second-order valence-corrected chi connectivity index (χ2v) is 9.86. The monoisotopic (exact) mass is 449 g/mol. The van der Waals surface area contributed by atoms with Crippen molar-refractivity contribution < 1.29 is 0 Å². The van der Waals surface area contributed by atoms with Crippen LogP contribution in [0.5, 0.6) is 0 Å². The summed E-state index contributed by atoms with van der Waals surface area (Å²) in [7, 11) is 0. The van der Waals surface area contributed by atoms with E-state index in [0.29, 0.717) is 17.8 Å². The minimum absolute atomic E-state index is 0.306. The standard InChI is InChI=1S/C34H27N/c1-22-17-18-26-29(21-22)35-34-28-20-19-27(32(28)31(33(26)34)25-15-9-4-10-16-25)30(23-11-5-2-6-12-23)24-13-7-3-8-14-24/h2-21,28,31-32,35H,1H3. The number of hydrogen-bond acceptors (Lipinski definition) is 0. The van der Waals surface area contributed by atoms with E-state index in [9.17, 15) is 0 Å². The van der Waals surface area contributed by atoms with Gasteiger partial charge in [0.15, 0.2) is 0 Å². The molecule has 0 saturated heterocycles. The molecule has 0 bridgehead atoms. The summed E-state index contributed by atoms with van der Waals surface area (Å²) in [6.07, 6.45) is 4.84. The molecule has 1 aromatic heterocycles. The molecule has 0 saturated carbocycles. The summed E-state index contributed by atoms with van der Waals surface area (Å²) in [5, 5.41) is 1.36. The maximum Gasteiger partial charge on any atom is 0.0462 e. The highest BCUT2D eigenvalue weighted by Crippen LogP contribution is 2.59. The van der Waals surface area contributed by atoms with Gasteiger partial charge in [0.1, 0.15) is 0 Å². The van der Waals surface area contributed by atoms with Gasteiger partial charge >= 0.3 is 0 Å². The van der Waals surface area contributed by atoms with E-state index in [1.54, 1.807) is 0 Å². The summed E-state index contributed by atoms with van der Waals surface area (Å²) >= 11 is 0. The Bertz CT molecular complexity index is 1550. The van der Waals surface area contributed by atoms with E-state index >= 15 is 0 Å². The molecule has 2 aliphatic rings. The van der Waals surface area contributed by atoms with E-state index in [1.807, 2.05) is 0 Å². The van der Waals surface area contributed by atoms with Crippen molar-refractivity contribution in [3.05, 3.63) is 160 Å². The normalized spacial score (nSPS) is 20.3. The fraction of sp³-hybridized carbons (Fsp3) is 0.118. The summed E-state index contributed by atoms with van der Waals surface area (Å²) < 4.78 is 0. The number of allylic oxidation sites excluding steroid dienone is 3. The molecule has 1 heterocycles. The van der Waals surface area contributed by atoms with E-state index in [-0.39, 0.29) is 0 Å². The zero-order valence-corrected chi connectivity index (χ0v) is 19.8. The fourth-order valence-electron chi connectivity index (χ4n) is 6.42. The van der Waals surface area contributed by atoms with Crippen LogP contribution in [0.25, 0.3) is 16.5 Å². The van der Waals surface area contributed by atoms with Crippen molar-refractivity contribution >= 4 is 16.5 Å². The van der Waals surface area contributed by atoms with Crippen molar-refractivity contribution in [3.8, 4) is 0 Å². The zero-order valence-electron chi connectivity index (χ0n) is 19.8. The summed E-state index contributed by atoms with van der Waals surface area (Å²) in [5.74, 6) is 1.01. The molecule has 168 valence electrons. The Morgan fingerprint density at radius 1 is 0.714 bits per heavy atom. The average Bonchev–Trinajstić information content (AvgIpc) is 3.56. The highest BCUT2D eigenvalue weighted by molar-refractivity contribution is 5.90. The van der Waals surface area contributed by atoms with E-state index in [4.69, 9.17) is 0 Å². The van der Waals surface area contributed by atoms with Gasteiger partial charge in [-0.15, -0.1) is 0 Å². The van der Waals surface area contributed by atoms with Gasteiger partial charge in [0.2, 0.25) is 0 Å². The molecular formula is C34H27N. The molecule has 0 amide bonds. The van der Waals surface area contributed by atoms with E-state index < -0.39 is 0 Å². The quantitative estimate of drug-likeness (QED) is 0.285. The van der Waals surface area contributed by atoms with E-state index in [2.05, 4.69) is 133 Å². The van der Waals surface area contributed by atoms with Gasteiger partial charge < -0.3 is 4.98 Å². The second kappa shape index (κ2) is 7.99. The number of aromatic nitrogens is 1. The van der Waals surface area contributed by atoms with Crippen LogP contribution in [0.2, 0.25) is 0 Å². The molecular weight excluding hydrogens is 422 g/mol. The molecule has 4 aromatic carbocycles. The first-order valence-corrected chi connectivity index (χ1v) is 12.5. The summed E-state index contributed by atoms with van der Waals surface area (Å²) in [6.45, 7) is 2.17. The van der Waals surface area contributed by atoms with Crippen LogP contribution >= 0.6 is 0 Å². The number of rotatable bonds is 3. The molecule has 1 N–H and O–H groups in total. The van der Waals surface area contributed by atoms with Crippen LogP contribution in [0.15, 0.2) is 127 Å². The largest absolute Gasteiger partial charge is 0.358 e. The van der Waals surface area contributed by atoms with Crippen LogP contribution in [0, 0.1) is 12.8 Å². The smallest absolute Gasteiger partial charge is 0.0462 e. The molecule has 3 unspecified atom stereocenters. The SMILES string of the molecule is Cc1ccc2c3c([nH]c2c1)C1C=CC(=C(c2ccccc2)c2ccccc2)C1C3c1ccccc1. The molecule has 2 aliphatic carbocycles. The highest BCUT2D eigenvalue weighted by Gasteiger charge is 2.47. The molecule has 3 atom stereocenters. The number of benzene rings is 4. The minimum atomic E-state index is 0.306. The number of fused-ring (bicyclic) bond motifs is 5. The van der Waals surface area contributed by atoms with Crippen molar-refractivity contribution in [1.29, 1.82) is 0 Å². The molecule has 0 radical (unpaired) electrons. The molecule has 35 heavy (non-hydrogen) atoms. The molecule has 1 nitrogen and oxygen atoms in total. The molecule has 0 fully saturated rings. The first-order chi connectivity index (χ1) is 17.3. The second-order valence-electron chi connectivity index (χ2n) is 9.86. The Morgan fingerprint density at radius 3 is 2.00 bits per heavy atom. The number of H-pyrrole nitrogens is 1.